The topological polar surface area (TPSA) is 88.5 Å². The van der Waals surface area contributed by atoms with Crippen LogP contribution in [0.1, 0.15) is 12.8 Å². The van der Waals surface area contributed by atoms with Crippen molar-refractivity contribution in [2.75, 3.05) is 19.8 Å². The first-order valence-corrected chi connectivity index (χ1v) is 8.60. The maximum absolute atomic E-state index is 12.2. The molecule has 2 rings (SSSR count). The van der Waals surface area contributed by atoms with Crippen molar-refractivity contribution in [3.63, 3.8) is 0 Å². The summed E-state index contributed by atoms with van der Waals surface area (Å²) in [5, 5.41) is 10.1. The van der Waals surface area contributed by atoms with Gasteiger partial charge in [-0.2, -0.15) is 0 Å². The lowest BCUT2D eigenvalue weighted by Gasteiger charge is -2.31. The minimum absolute atomic E-state index is 0.0783. The van der Waals surface area contributed by atoms with Crippen molar-refractivity contribution in [3.05, 3.63) is 21.9 Å². The van der Waals surface area contributed by atoms with Gasteiger partial charge in [0.05, 0.1) is 5.60 Å². The van der Waals surface area contributed by atoms with Crippen molar-refractivity contribution in [2.24, 2.45) is 0 Å². The number of rotatable bonds is 4. The van der Waals surface area contributed by atoms with Gasteiger partial charge in [0.2, 0.25) is 10.0 Å². The molecule has 1 aromatic rings. The number of halogens is 2. The Labute approximate surface area is 130 Å². The predicted molar refractivity (Wildman–Crippen MR) is 77.1 cm³/mol. The molecule has 9 heteroatoms. The fraction of sp³-hybridized carbons (Fsp3) is 0.545. The van der Waals surface area contributed by atoms with Crippen LogP contribution >= 0.6 is 27.5 Å². The Bertz CT molecular complexity index is 590. The molecule has 0 spiro atoms. The second-order valence-corrected chi connectivity index (χ2v) is 7.49. The number of aliphatic hydroxyl groups is 1. The summed E-state index contributed by atoms with van der Waals surface area (Å²) in [4.78, 5) is 3.72. The number of aromatic nitrogens is 1. The Morgan fingerprint density at radius 3 is 2.70 bits per heavy atom. The largest absolute Gasteiger partial charge is 0.388 e. The summed E-state index contributed by atoms with van der Waals surface area (Å²) in [5.74, 6) is 0. The maximum Gasteiger partial charge on any atom is 0.243 e. The Kier molecular flexibility index (Phi) is 5.04. The van der Waals surface area contributed by atoms with Crippen molar-refractivity contribution in [1.82, 2.24) is 9.71 Å². The van der Waals surface area contributed by atoms with Gasteiger partial charge in [0.25, 0.3) is 0 Å². The Morgan fingerprint density at radius 2 is 2.10 bits per heavy atom. The third-order valence-electron chi connectivity index (χ3n) is 3.08. The van der Waals surface area contributed by atoms with Gasteiger partial charge in [-0.1, -0.05) is 11.6 Å². The Morgan fingerprint density at radius 1 is 1.45 bits per heavy atom. The second-order valence-electron chi connectivity index (χ2n) is 4.58. The van der Waals surface area contributed by atoms with Crippen LogP contribution in [0.2, 0.25) is 5.15 Å². The lowest BCUT2D eigenvalue weighted by molar-refractivity contribution is -0.0588. The summed E-state index contributed by atoms with van der Waals surface area (Å²) in [6, 6.07) is 2.85. The van der Waals surface area contributed by atoms with Gasteiger partial charge in [-0.05, 0) is 28.1 Å². The zero-order valence-corrected chi connectivity index (χ0v) is 13.6. The summed E-state index contributed by atoms with van der Waals surface area (Å²) >= 11 is 8.94. The molecular formula is C11H14BrClN2O4S. The molecule has 0 aliphatic carbocycles. The molecule has 0 atom stereocenters. The van der Waals surface area contributed by atoms with Crippen molar-refractivity contribution in [3.8, 4) is 0 Å². The highest BCUT2D eigenvalue weighted by atomic mass is 79.9. The normalized spacial score (nSPS) is 18.9. The first kappa shape index (κ1) is 16.1. The third-order valence-corrected chi connectivity index (χ3v) is 5.36. The van der Waals surface area contributed by atoms with Crippen LogP contribution in [-0.4, -0.2) is 43.9 Å². The van der Waals surface area contributed by atoms with E-state index in [4.69, 9.17) is 16.3 Å². The summed E-state index contributed by atoms with van der Waals surface area (Å²) < 4.78 is 32.3. The number of hydrogen-bond acceptors (Lipinski definition) is 5. The minimum Gasteiger partial charge on any atom is -0.388 e. The van der Waals surface area contributed by atoms with Gasteiger partial charge < -0.3 is 9.84 Å². The van der Waals surface area contributed by atoms with Gasteiger partial charge in [0.1, 0.15) is 14.7 Å². The number of sulfonamides is 1. The van der Waals surface area contributed by atoms with Gasteiger partial charge in [0, 0.05) is 32.6 Å². The number of nitrogens with zero attached hydrogens (tertiary/aromatic N) is 1. The van der Waals surface area contributed by atoms with Gasteiger partial charge in [-0.25, -0.2) is 18.1 Å². The number of ether oxygens (including phenoxy) is 1. The van der Waals surface area contributed by atoms with Gasteiger partial charge in [-0.15, -0.1) is 0 Å². The molecule has 1 saturated heterocycles. The molecule has 0 radical (unpaired) electrons. The van der Waals surface area contributed by atoms with E-state index in [0.717, 1.165) is 0 Å². The molecule has 6 nitrogen and oxygen atoms in total. The molecule has 0 bridgehead atoms. The summed E-state index contributed by atoms with van der Waals surface area (Å²) in [5.41, 5.74) is -1.08. The third kappa shape index (κ3) is 3.90. The zero-order chi connectivity index (χ0) is 14.8. The SMILES string of the molecule is O=S(=O)(NCC1(O)CCOCC1)c1ccc(Br)nc1Cl. The molecule has 0 unspecified atom stereocenters. The van der Waals surface area contributed by atoms with Crippen LogP contribution < -0.4 is 4.72 Å². The van der Waals surface area contributed by atoms with E-state index in [1.54, 1.807) is 0 Å². The van der Waals surface area contributed by atoms with E-state index in [0.29, 0.717) is 30.7 Å². The number of nitrogens with one attached hydrogen (secondary N) is 1. The highest BCUT2D eigenvalue weighted by molar-refractivity contribution is 9.10. The highest BCUT2D eigenvalue weighted by Gasteiger charge is 2.32. The average molecular weight is 386 g/mol. The van der Waals surface area contributed by atoms with Crippen LogP contribution in [0.25, 0.3) is 0 Å². The van der Waals surface area contributed by atoms with Gasteiger partial charge >= 0.3 is 0 Å². The standard InChI is InChI=1S/C11H14BrClN2O4S/c12-9-2-1-8(10(13)15-9)20(17,18)14-7-11(16)3-5-19-6-4-11/h1-2,14,16H,3-7H2. The van der Waals surface area contributed by atoms with E-state index in [1.807, 2.05) is 0 Å². The molecule has 1 aliphatic rings. The lowest BCUT2D eigenvalue weighted by atomic mass is 9.95. The Balaban J connectivity index is 2.11. The molecule has 0 aromatic carbocycles. The van der Waals surface area contributed by atoms with Crippen molar-refractivity contribution >= 4 is 37.6 Å². The van der Waals surface area contributed by atoms with Crippen LogP contribution in [0, 0.1) is 0 Å². The fourth-order valence-corrected chi connectivity index (χ4v) is 3.83. The first-order valence-electron chi connectivity index (χ1n) is 5.94. The molecule has 20 heavy (non-hydrogen) atoms. The molecule has 1 aromatic heterocycles. The summed E-state index contributed by atoms with van der Waals surface area (Å²) in [6.45, 7) is 0.753. The molecule has 0 amide bonds. The smallest absolute Gasteiger partial charge is 0.243 e. The maximum atomic E-state index is 12.2. The van der Waals surface area contributed by atoms with Crippen LogP contribution in [0.4, 0.5) is 0 Å². The van der Waals surface area contributed by atoms with Crippen LogP contribution in [0.15, 0.2) is 21.6 Å². The molecular weight excluding hydrogens is 372 g/mol. The molecule has 2 N–H and O–H groups in total. The summed E-state index contributed by atoms with van der Waals surface area (Å²) in [6.07, 6.45) is 0.781. The van der Waals surface area contributed by atoms with E-state index in [9.17, 15) is 13.5 Å². The van der Waals surface area contributed by atoms with Gasteiger partial charge in [-0.3, -0.25) is 0 Å². The quantitative estimate of drug-likeness (QED) is 0.763. The number of pyridine rings is 1. The predicted octanol–water partition coefficient (Wildman–Crippen LogP) is 1.32. The first-order chi connectivity index (χ1) is 9.32. The van der Waals surface area contributed by atoms with Crippen LogP contribution in [0.3, 0.4) is 0 Å². The monoisotopic (exact) mass is 384 g/mol. The molecule has 0 saturated carbocycles. The summed E-state index contributed by atoms with van der Waals surface area (Å²) in [7, 11) is -3.81. The minimum atomic E-state index is -3.81. The Hall–Kier alpha value is -0.250. The molecule has 112 valence electrons. The average Bonchev–Trinajstić information content (AvgIpc) is 2.37. The molecule has 1 aliphatic heterocycles. The van der Waals surface area contributed by atoms with Crippen molar-refractivity contribution in [2.45, 2.75) is 23.3 Å². The highest BCUT2D eigenvalue weighted by Crippen LogP contribution is 2.23. The van der Waals surface area contributed by atoms with Crippen molar-refractivity contribution < 1.29 is 18.3 Å². The van der Waals surface area contributed by atoms with Crippen LogP contribution in [-0.2, 0) is 14.8 Å². The zero-order valence-electron chi connectivity index (χ0n) is 10.5. The van der Waals surface area contributed by atoms with Gasteiger partial charge in [0.15, 0.2) is 0 Å². The molecule has 1 fully saturated rings. The van der Waals surface area contributed by atoms with Crippen LogP contribution in [0.5, 0.6) is 0 Å². The fourth-order valence-electron chi connectivity index (χ4n) is 1.84. The van der Waals surface area contributed by atoms with E-state index in [-0.39, 0.29) is 16.6 Å². The molecule has 2 heterocycles. The van der Waals surface area contributed by atoms with E-state index in [1.165, 1.54) is 12.1 Å². The number of hydrogen-bond donors (Lipinski definition) is 2. The second kappa shape index (κ2) is 6.25. The van der Waals surface area contributed by atoms with E-state index >= 15 is 0 Å². The van der Waals surface area contributed by atoms with E-state index < -0.39 is 15.6 Å². The lowest BCUT2D eigenvalue weighted by Crippen LogP contribution is -2.46. The van der Waals surface area contributed by atoms with E-state index in [2.05, 4.69) is 25.6 Å². The van der Waals surface area contributed by atoms with Crippen molar-refractivity contribution in [1.29, 1.82) is 0 Å².